The van der Waals surface area contributed by atoms with Crippen LogP contribution in [0.15, 0.2) is 18.2 Å². The fourth-order valence-electron chi connectivity index (χ4n) is 1.79. The van der Waals surface area contributed by atoms with Crippen LogP contribution in [0.2, 0.25) is 0 Å². The molecule has 0 aliphatic carbocycles. The second kappa shape index (κ2) is 5.04. The van der Waals surface area contributed by atoms with Gasteiger partial charge >= 0.3 is 6.18 Å². The summed E-state index contributed by atoms with van der Waals surface area (Å²) < 4.78 is 57.8. The number of rotatable bonds is 2. The van der Waals surface area contributed by atoms with Crippen LogP contribution < -0.4 is 9.46 Å². The van der Waals surface area contributed by atoms with E-state index in [1.807, 2.05) is 0 Å². The summed E-state index contributed by atoms with van der Waals surface area (Å²) >= 11 is 0. The first-order valence-corrected chi connectivity index (χ1v) is 7.26. The first-order chi connectivity index (χ1) is 9.09. The molecule has 0 aromatic heterocycles. The van der Waals surface area contributed by atoms with Gasteiger partial charge in [-0.3, -0.25) is 0 Å². The average Bonchev–Trinajstić information content (AvgIpc) is 2.69. The molecule has 0 saturated carbocycles. The highest BCUT2D eigenvalue weighted by Gasteiger charge is 2.35. The SMILES string of the molecule is CC(C)(C)[S@](=O)N[C@@H]1COc2ccc(C(F)(F)F)cc21. The summed E-state index contributed by atoms with van der Waals surface area (Å²) in [7, 11) is -1.37. The molecule has 0 bridgehead atoms. The molecule has 1 aliphatic rings. The van der Waals surface area contributed by atoms with Crippen molar-refractivity contribution in [1.29, 1.82) is 0 Å². The van der Waals surface area contributed by atoms with Gasteiger partial charge in [-0.2, -0.15) is 13.2 Å². The monoisotopic (exact) mass is 307 g/mol. The van der Waals surface area contributed by atoms with Gasteiger partial charge in [-0.15, -0.1) is 0 Å². The van der Waals surface area contributed by atoms with E-state index in [-0.39, 0.29) is 6.61 Å². The van der Waals surface area contributed by atoms with Crippen molar-refractivity contribution in [2.75, 3.05) is 6.61 Å². The molecule has 0 amide bonds. The molecule has 3 nitrogen and oxygen atoms in total. The Labute approximate surface area is 118 Å². The van der Waals surface area contributed by atoms with Crippen LogP contribution in [0.1, 0.15) is 37.9 Å². The average molecular weight is 307 g/mol. The Morgan fingerprint density at radius 2 is 1.95 bits per heavy atom. The molecule has 1 aliphatic heterocycles. The smallest absolute Gasteiger partial charge is 0.416 e. The summed E-state index contributed by atoms with van der Waals surface area (Å²) in [5.74, 6) is 0.404. The van der Waals surface area contributed by atoms with Crippen molar-refractivity contribution < 1.29 is 22.1 Å². The van der Waals surface area contributed by atoms with Crippen molar-refractivity contribution in [1.82, 2.24) is 4.72 Å². The maximum absolute atomic E-state index is 12.7. The Morgan fingerprint density at radius 3 is 2.50 bits per heavy atom. The van der Waals surface area contributed by atoms with Gasteiger partial charge in [0.2, 0.25) is 0 Å². The highest BCUT2D eigenvalue weighted by atomic mass is 32.2. The van der Waals surface area contributed by atoms with Crippen LogP contribution in [0.5, 0.6) is 5.75 Å². The van der Waals surface area contributed by atoms with Crippen molar-refractivity contribution in [3.05, 3.63) is 29.3 Å². The minimum Gasteiger partial charge on any atom is -0.491 e. The molecular weight excluding hydrogens is 291 g/mol. The van der Waals surface area contributed by atoms with Crippen molar-refractivity contribution in [3.63, 3.8) is 0 Å². The number of alkyl halides is 3. The number of halogens is 3. The first kappa shape index (κ1) is 15.3. The molecule has 1 aromatic rings. The lowest BCUT2D eigenvalue weighted by Crippen LogP contribution is -2.36. The van der Waals surface area contributed by atoms with E-state index >= 15 is 0 Å². The fourth-order valence-corrected chi connectivity index (χ4v) is 2.60. The third-order valence-electron chi connectivity index (χ3n) is 2.92. The summed E-state index contributed by atoms with van der Waals surface area (Å²) in [4.78, 5) is 0. The van der Waals surface area contributed by atoms with Gasteiger partial charge in [0.25, 0.3) is 0 Å². The fraction of sp³-hybridized carbons (Fsp3) is 0.538. The molecule has 0 unspecified atom stereocenters. The van der Waals surface area contributed by atoms with Gasteiger partial charge < -0.3 is 4.74 Å². The number of ether oxygens (including phenoxy) is 1. The highest BCUT2D eigenvalue weighted by Crippen LogP contribution is 2.38. The molecule has 2 atom stereocenters. The van der Waals surface area contributed by atoms with Crippen molar-refractivity contribution >= 4 is 11.0 Å². The highest BCUT2D eigenvalue weighted by molar-refractivity contribution is 7.84. The minimum atomic E-state index is -4.40. The molecule has 1 aromatic carbocycles. The summed E-state index contributed by atoms with van der Waals surface area (Å²) in [6.07, 6.45) is -4.40. The number of hydrogen-bond donors (Lipinski definition) is 1. The summed E-state index contributed by atoms with van der Waals surface area (Å²) in [5, 5.41) is 0. The maximum Gasteiger partial charge on any atom is 0.416 e. The summed E-state index contributed by atoms with van der Waals surface area (Å²) in [5.41, 5.74) is -0.326. The summed E-state index contributed by atoms with van der Waals surface area (Å²) in [6, 6.07) is 2.86. The molecule has 112 valence electrons. The second-order valence-corrected chi connectivity index (χ2v) is 7.61. The molecular formula is C13H16F3NO2S. The van der Waals surface area contributed by atoms with Crippen LogP contribution in [-0.4, -0.2) is 15.6 Å². The lowest BCUT2D eigenvalue weighted by atomic mass is 10.1. The molecule has 1 heterocycles. The van der Waals surface area contributed by atoms with Gasteiger partial charge in [0.15, 0.2) is 0 Å². The molecule has 0 fully saturated rings. The Balaban J connectivity index is 2.26. The van der Waals surface area contributed by atoms with Gasteiger partial charge in [0.1, 0.15) is 12.4 Å². The van der Waals surface area contributed by atoms with E-state index in [2.05, 4.69) is 4.72 Å². The molecule has 0 radical (unpaired) electrons. The molecule has 7 heteroatoms. The Morgan fingerprint density at radius 1 is 1.30 bits per heavy atom. The van der Waals surface area contributed by atoms with E-state index in [9.17, 15) is 17.4 Å². The molecule has 0 spiro atoms. The van der Waals surface area contributed by atoms with Gasteiger partial charge in [-0.1, -0.05) is 0 Å². The molecule has 20 heavy (non-hydrogen) atoms. The summed E-state index contributed by atoms with van der Waals surface area (Å²) in [6.45, 7) is 5.55. The lowest BCUT2D eigenvalue weighted by Gasteiger charge is -2.21. The maximum atomic E-state index is 12.7. The predicted molar refractivity (Wildman–Crippen MR) is 70.7 cm³/mol. The zero-order chi connectivity index (χ0) is 15.1. The zero-order valence-electron chi connectivity index (χ0n) is 11.4. The third-order valence-corrected chi connectivity index (χ3v) is 4.53. The minimum absolute atomic E-state index is 0.179. The van der Waals surface area contributed by atoms with Gasteiger partial charge in [0, 0.05) is 5.56 Å². The Bertz CT molecular complexity index is 537. The molecule has 1 N–H and O–H groups in total. The largest absolute Gasteiger partial charge is 0.491 e. The topological polar surface area (TPSA) is 38.3 Å². The van der Waals surface area contributed by atoms with Crippen LogP contribution in [0.3, 0.4) is 0 Å². The molecule has 0 saturated heterocycles. The van der Waals surface area contributed by atoms with Crippen LogP contribution in [0.4, 0.5) is 13.2 Å². The van der Waals surface area contributed by atoms with Gasteiger partial charge in [-0.05, 0) is 39.0 Å². The van der Waals surface area contributed by atoms with Crippen molar-refractivity contribution in [2.45, 2.75) is 37.7 Å². The zero-order valence-corrected chi connectivity index (χ0v) is 12.2. The van der Waals surface area contributed by atoms with Gasteiger partial charge in [0.05, 0.1) is 27.3 Å². The Hall–Kier alpha value is -1.08. The van der Waals surface area contributed by atoms with Crippen molar-refractivity contribution in [3.8, 4) is 5.75 Å². The van der Waals surface area contributed by atoms with E-state index in [0.717, 1.165) is 12.1 Å². The number of hydrogen-bond acceptors (Lipinski definition) is 2. The first-order valence-electron chi connectivity index (χ1n) is 6.11. The number of nitrogens with one attached hydrogen (secondary N) is 1. The van der Waals surface area contributed by atoms with E-state index in [1.54, 1.807) is 20.8 Å². The normalized spacial score (nSPS) is 20.4. The standard InChI is InChI=1S/C13H16F3NO2S/c1-12(2,3)20(18)17-10-7-19-11-5-4-8(6-9(10)11)13(14,15)16/h4-6,10,17H,7H2,1-3H3/t10-,20+/m1/s1. The number of benzene rings is 1. The van der Waals surface area contributed by atoms with E-state index in [1.165, 1.54) is 6.07 Å². The van der Waals surface area contributed by atoms with Crippen LogP contribution in [-0.2, 0) is 17.2 Å². The molecule has 2 rings (SSSR count). The van der Waals surface area contributed by atoms with Crippen molar-refractivity contribution in [2.24, 2.45) is 0 Å². The quantitative estimate of drug-likeness (QED) is 0.911. The number of fused-ring (bicyclic) bond motifs is 1. The van der Waals surface area contributed by atoms with Gasteiger partial charge in [-0.25, -0.2) is 8.93 Å². The van der Waals surface area contributed by atoms with E-state index < -0.39 is 33.5 Å². The lowest BCUT2D eigenvalue weighted by molar-refractivity contribution is -0.137. The second-order valence-electron chi connectivity index (χ2n) is 5.61. The van der Waals surface area contributed by atoms with E-state index in [0.29, 0.717) is 11.3 Å². The van der Waals surface area contributed by atoms with Crippen LogP contribution in [0, 0.1) is 0 Å². The van der Waals surface area contributed by atoms with Crippen LogP contribution in [0.25, 0.3) is 0 Å². The Kier molecular flexibility index (Phi) is 3.85. The third kappa shape index (κ3) is 3.15. The van der Waals surface area contributed by atoms with Crippen LogP contribution >= 0.6 is 0 Å². The van der Waals surface area contributed by atoms with E-state index in [4.69, 9.17) is 4.74 Å². The predicted octanol–water partition coefficient (Wildman–Crippen LogP) is 3.19.